The van der Waals surface area contributed by atoms with E-state index in [1.807, 2.05) is 12.1 Å². The summed E-state index contributed by atoms with van der Waals surface area (Å²) in [7, 11) is 0. The lowest BCUT2D eigenvalue weighted by molar-refractivity contribution is 0.0524. The summed E-state index contributed by atoms with van der Waals surface area (Å²) in [6.45, 7) is 2.13. The van der Waals surface area contributed by atoms with Crippen LogP contribution in [0.2, 0.25) is 0 Å². The summed E-state index contributed by atoms with van der Waals surface area (Å²) in [5.41, 5.74) is 0.577. The van der Waals surface area contributed by atoms with Crippen molar-refractivity contribution in [3.05, 3.63) is 76.1 Å². The van der Waals surface area contributed by atoms with Crippen LogP contribution in [0.4, 0.5) is 4.39 Å². The third-order valence-electron chi connectivity index (χ3n) is 3.60. The summed E-state index contributed by atoms with van der Waals surface area (Å²) in [4.78, 5) is 28.8. The molecule has 0 spiro atoms. The van der Waals surface area contributed by atoms with Crippen molar-refractivity contribution in [3.63, 3.8) is 0 Å². The summed E-state index contributed by atoms with van der Waals surface area (Å²) < 4.78 is 20.2. The van der Waals surface area contributed by atoms with Gasteiger partial charge in [-0.25, -0.2) is 9.18 Å². The number of carbonyl (C=O) groups is 1. The molecular weight excluding hydrogens is 311 g/mol. The SMILES string of the molecule is CCOC(=O)c1cn(Cc2ccccn2)c2cc(F)ccc2c1=O. The van der Waals surface area contributed by atoms with Gasteiger partial charge in [-0.3, -0.25) is 9.78 Å². The number of nitrogens with zero attached hydrogens (tertiary/aromatic N) is 2. The highest BCUT2D eigenvalue weighted by molar-refractivity contribution is 5.93. The normalized spacial score (nSPS) is 10.8. The number of esters is 1. The molecule has 0 aliphatic heterocycles. The second kappa shape index (κ2) is 6.62. The molecule has 0 fully saturated rings. The molecule has 3 rings (SSSR count). The Bertz CT molecular complexity index is 952. The Kier molecular flexibility index (Phi) is 4.37. The highest BCUT2D eigenvalue weighted by Crippen LogP contribution is 2.16. The molecule has 1 aromatic carbocycles. The second-order valence-electron chi connectivity index (χ2n) is 5.20. The summed E-state index contributed by atoms with van der Waals surface area (Å²) in [5, 5.41) is 0.262. The second-order valence-corrected chi connectivity index (χ2v) is 5.20. The number of pyridine rings is 2. The van der Waals surface area contributed by atoms with E-state index in [0.717, 1.165) is 5.69 Å². The highest BCUT2D eigenvalue weighted by Gasteiger charge is 2.17. The van der Waals surface area contributed by atoms with Gasteiger partial charge in [0.15, 0.2) is 0 Å². The number of carbonyl (C=O) groups excluding carboxylic acids is 1. The molecule has 0 saturated heterocycles. The predicted molar refractivity (Wildman–Crippen MR) is 87.5 cm³/mol. The van der Waals surface area contributed by atoms with Crippen molar-refractivity contribution >= 4 is 16.9 Å². The van der Waals surface area contributed by atoms with E-state index in [1.165, 1.54) is 24.4 Å². The molecule has 2 aromatic heterocycles. The molecule has 0 N–H and O–H groups in total. The van der Waals surface area contributed by atoms with Crippen LogP contribution in [-0.2, 0) is 11.3 Å². The first kappa shape index (κ1) is 15.9. The number of ether oxygens (including phenoxy) is 1. The number of rotatable bonds is 4. The number of hydrogen-bond acceptors (Lipinski definition) is 4. The van der Waals surface area contributed by atoms with Crippen LogP contribution < -0.4 is 5.43 Å². The van der Waals surface area contributed by atoms with Gasteiger partial charge < -0.3 is 9.30 Å². The first-order valence-electron chi connectivity index (χ1n) is 7.50. The third-order valence-corrected chi connectivity index (χ3v) is 3.60. The van der Waals surface area contributed by atoms with Gasteiger partial charge in [-0.1, -0.05) is 6.07 Å². The largest absolute Gasteiger partial charge is 0.462 e. The smallest absolute Gasteiger partial charge is 0.343 e. The maximum atomic E-state index is 13.6. The van der Waals surface area contributed by atoms with Gasteiger partial charge in [0.1, 0.15) is 11.4 Å². The molecular formula is C18H15FN2O3. The van der Waals surface area contributed by atoms with Crippen LogP contribution in [0, 0.1) is 5.82 Å². The fourth-order valence-corrected chi connectivity index (χ4v) is 2.51. The van der Waals surface area contributed by atoms with Gasteiger partial charge in [-0.15, -0.1) is 0 Å². The topological polar surface area (TPSA) is 61.2 Å². The molecule has 0 saturated carbocycles. The molecule has 3 aromatic rings. The quantitative estimate of drug-likeness (QED) is 0.692. The zero-order valence-corrected chi connectivity index (χ0v) is 13.0. The molecule has 0 radical (unpaired) electrons. The van der Waals surface area contributed by atoms with Crippen LogP contribution >= 0.6 is 0 Å². The summed E-state index contributed by atoms with van der Waals surface area (Å²) in [6.07, 6.45) is 3.05. The van der Waals surface area contributed by atoms with Crippen LogP contribution in [0.1, 0.15) is 23.0 Å². The Labute approximate surface area is 137 Å². The van der Waals surface area contributed by atoms with E-state index in [9.17, 15) is 14.0 Å². The van der Waals surface area contributed by atoms with E-state index in [2.05, 4.69) is 4.98 Å². The van der Waals surface area contributed by atoms with Crippen molar-refractivity contribution in [2.45, 2.75) is 13.5 Å². The van der Waals surface area contributed by atoms with Gasteiger partial charge in [0.2, 0.25) is 5.43 Å². The van der Waals surface area contributed by atoms with E-state index in [-0.39, 0.29) is 17.6 Å². The number of aromatic nitrogens is 2. The molecule has 24 heavy (non-hydrogen) atoms. The standard InChI is InChI=1S/C18H15FN2O3/c1-2-24-18(23)15-11-21(10-13-5-3-4-8-20-13)16-9-12(19)6-7-14(16)17(15)22/h3-9,11H,2,10H2,1H3. The van der Waals surface area contributed by atoms with Crippen LogP contribution in [0.25, 0.3) is 10.9 Å². The van der Waals surface area contributed by atoms with Gasteiger partial charge >= 0.3 is 5.97 Å². The van der Waals surface area contributed by atoms with E-state index in [0.29, 0.717) is 12.1 Å². The summed E-state index contributed by atoms with van der Waals surface area (Å²) >= 11 is 0. The van der Waals surface area contributed by atoms with Crippen LogP contribution in [-0.4, -0.2) is 22.1 Å². The van der Waals surface area contributed by atoms with Crippen molar-refractivity contribution in [1.29, 1.82) is 0 Å². The number of hydrogen-bond donors (Lipinski definition) is 0. The Morgan fingerprint density at radius 1 is 1.29 bits per heavy atom. The molecule has 0 atom stereocenters. The molecule has 0 aliphatic carbocycles. The average Bonchev–Trinajstić information content (AvgIpc) is 2.58. The zero-order chi connectivity index (χ0) is 17.1. The third kappa shape index (κ3) is 3.03. The molecule has 2 heterocycles. The van der Waals surface area contributed by atoms with Crippen molar-refractivity contribution in [2.75, 3.05) is 6.61 Å². The van der Waals surface area contributed by atoms with E-state index >= 15 is 0 Å². The van der Waals surface area contributed by atoms with Gasteiger partial charge in [0.25, 0.3) is 0 Å². The first-order valence-corrected chi connectivity index (χ1v) is 7.50. The minimum atomic E-state index is -0.691. The lowest BCUT2D eigenvalue weighted by Gasteiger charge is -2.13. The maximum Gasteiger partial charge on any atom is 0.343 e. The minimum Gasteiger partial charge on any atom is -0.462 e. The minimum absolute atomic E-state index is 0.0770. The van der Waals surface area contributed by atoms with Crippen LogP contribution in [0.3, 0.4) is 0 Å². The molecule has 6 heteroatoms. The average molecular weight is 326 g/mol. The molecule has 5 nitrogen and oxygen atoms in total. The Hall–Kier alpha value is -3.02. The maximum absolute atomic E-state index is 13.6. The van der Waals surface area contributed by atoms with Gasteiger partial charge in [0, 0.05) is 17.8 Å². The predicted octanol–water partition coefficient (Wildman–Crippen LogP) is 2.76. The number of benzene rings is 1. The fraction of sp³-hybridized carbons (Fsp3) is 0.167. The molecule has 122 valence electrons. The van der Waals surface area contributed by atoms with Crippen molar-refractivity contribution in [3.8, 4) is 0 Å². The lowest BCUT2D eigenvalue weighted by Crippen LogP contribution is -2.21. The zero-order valence-electron chi connectivity index (χ0n) is 13.0. The van der Waals surface area contributed by atoms with Crippen molar-refractivity contribution in [1.82, 2.24) is 9.55 Å². The highest BCUT2D eigenvalue weighted by atomic mass is 19.1. The lowest BCUT2D eigenvalue weighted by atomic mass is 10.1. The van der Waals surface area contributed by atoms with E-state index in [4.69, 9.17) is 4.74 Å². The Morgan fingerprint density at radius 3 is 2.83 bits per heavy atom. The van der Waals surface area contributed by atoms with Crippen LogP contribution in [0.5, 0.6) is 0 Å². The molecule has 0 amide bonds. The van der Waals surface area contributed by atoms with Crippen molar-refractivity contribution in [2.24, 2.45) is 0 Å². The first-order chi connectivity index (χ1) is 11.6. The molecule has 0 unspecified atom stereocenters. The van der Waals surface area contributed by atoms with Gasteiger partial charge in [0.05, 0.1) is 24.4 Å². The molecule has 0 bridgehead atoms. The number of halogens is 1. The van der Waals surface area contributed by atoms with Gasteiger partial charge in [-0.05, 0) is 37.3 Å². The molecule has 0 aliphatic rings. The number of fused-ring (bicyclic) bond motifs is 1. The Morgan fingerprint density at radius 2 is 2.12 bits per heavy atom. The van der Waals surface area contributed by atoms with E-state index in [1.54, 1.807) is 23.8 Å². The monoisotopic (exact) mass is 326 g/mol. The van der Waals surface area contributed by atoms with E-state index < -0.39 is 17.2 Å². The van der Waals surface area contributed by atoms with Crippen LogP contribution in [0.15, 0.2) is 53.6 Å². The Balaban J connectivity index is 2.21. The fourth-order valence-electron chi connectivity index (χ4n) is 2.51. The van der Waals surface area contributed by atoms with Gasteiger partial charge in [-0.2, -0.15) is 0 Å². The van der Waals surface area contributed by atoms with Crippen molar-refractivity contribution < 1.29 is 13.9 Å². The summed E-state index contributed by atoms with van der Waals surface area (Å²) in [5.74, 6) is -1.15. The summed E-state index contributed by atoms with van der Waals surface area (Å²) in [6, 6.07) is 9.28.